The van der Waals surface area contributed by atoms with Gasteiger partial charge in [-0.3, -0.25) is 0 Å². The minimum atomic E-state index is 0.276. The topological polar surface area (TPSA) is 84.8 Å². The number of oxazole rings is 1. The Labute approximate surface area is 140 Å². The second kappa shape index (κ2) is 7.81. The fourth-order valence-electron chi connectivity index (χ4n) is 2.64. The lowest BCUT2D eigenvalue weighted by Crippen LogP contribution is -3.14. The van der Waals surface area contributed by atoms with Crippen LogP contribution in [0.2, 0.25) is 0 Å². The van der Waals surface area contributed by atoms with Crippen LogP contribution in [0.4, 0.5) is 5.88 Å². The molecule has 7 heteroatoms. The number of benzene rings is 1. The third-order valence-corrected chi connectivity index (χ3v) is 4.03. The lowest BCUT2D eigenvalue weighted by molar-refractivity contribution is -0.906. The Kier molecular flexibility index (Phi) is 5.31. The quantitative estimate of drug-likeness (QED) is 0.805. The van der Waals surface area contributed by atoms with Gasteiger partial charge in [-0.2, -0.15) is 10.2 Å². The summed E-state index contributed by atoms with van der Waals surface area (Å²) < 4.78 is 16.2. The molecular weight excluding hydrogens is 308 g/mol. The van der Waals surface area contributed by atoms with E-state index in [4.69, 9.17) is 13.9 Å². The molecule has 0 aliphatic carbocycles. The van der Waals surface area contributed by atoms with Gasteiger partial charge in [-0.25, -0.2) is 0 Å². The van der Waals surface area contributed by atoms with E-state index in [2.05, 4.69) is 16.4 Å². The van der Waals surface area contributed by atoms with Crippen molar-refractivity contribution in [3.8, 4) is 23.3 Å². The van der Waals surface area contributed by atoms with Crippen molar-refractivity contribution in [2.75, 3.05) is 51.8 Å². The Morgan fingerprint density at radius 2 is 2.04 bits per heavy atom. The average molecular weight is 329 g/mol. The number of hydrogen-bond acceptors (Lipinski definition) is 6. The highest BCUT2D eigenvalue weighted by Gasteiger charge is 2.16. The SMILES string of the molecule is COc1ccc(-c2nc(C#N)c(NCC[NH+]3CCOCC3)o2)cc1. The molecule has 7 nitrogen and oxygen atoms in total. The predicted molar refractivity (Wildman–Crippen MR) is 88.1 cm³/mol. The molecule has 2 N–H and O–H groups in total. The zero-order valence-electron chi connectivity index (χ0n) is 13.7. The molecule has 24 heavy (non-hydrogen) atoms. The van der Waals surface area contributed by atoms with Crippen LogP contribution in [-0.4, -0.2) is 51.5 Å². The van der Waals surface area contributed by atoms with Crippen LogP contribution in [0.5, 0.6) is 5.75 Å². The van der Waals surface area contributed by atoms with E-state index in [1.165, 1.54) is 4.90 Å². The summed E-state index contributed by atoms with van der Waals surface area (Å²) in [4.78, 5) is 5.75. The smallest absolute Gasteiger partial charge is 0.232 e. The van der Waals surface area contributed by atoms with E-state index in [0.717, 1.165) is 50.7 Å². The summed E-state index contributed by atoms with van der Waals surface area (Å²) in [5, 5.41) is 12.4. The van der Waals surface area contributed by atoms with E-state index in [0.29, 0.717) is 11.8 Å². The number of nitrogens with zero attached hydrogens (tertiary/aromatic N) is 2. The minimum Gasteiger partial charge on any atom is -0.497 e. The van der Waals surface area contributed by atoms with Crippen LogP contribution in [0.3, 0.4) is 0 Å². The number of hydrogen-bond donors (Lipinski definition) is 2. The van der Waals surface area contributed by atoms with Gasteiger partial charge in [0.25, 0.3) is 0 Å². The molecular formula is C17H21N4O3+. The second-order valence-electron chi connectivity index (χ2n) is 5.58. The molecule has 3 rings (SSSR count). The molecule has 0 spiro atoms. The van der Waals surface area contributed by atoms with E-state index in [9.17, 15) is 5.26 Å². The standard InChI is InChI=1S/C17H20N4O3/c1-22-14-4-2-13(3-5-14)16-20-15(12-18)17(24-16)19-6-7-21-8-10-23-11-9-21/h2-5,19H,6-11H2,1H3/p+1. The van der Waals surface area contributed by atoms with Crippen molar-refractivity contribution in [1.82, 2.24) is 4.98 Å². The molecule has 0 bridgehead atoms. The first-order chi connectivity index (χ1) is 11.8. The monoisotopic (exact) mass is 329 g/mol. The summed E-state index contributed by atoms with van der Waals surface area (Å²) in [6.45, 7) is 5.32. The van der Waals surface area contributed by atoms with Gasteiger partial charge in [0.15, 0.2) is 0 Å². The van der Waals surface area contributed by atoms with Gasteiger partial charge >= 0.3 is 0 Å². The molecule has 1 aliphatic rings. The van der Waals surface area contributed by atoms with Crippen molar-refractivity contribution in [2.24, 2.45) is 0 Å². The molecule has 1 aromatic carbocycles. The maximum atomic E-state index is 9.25. The van der Waals surface area contributed by atoms with Crippen LogP contribution in [0.25, 0.3) is 11.5 Å². The third kappa shape index (κ3) is 3.85. The number of ether oxygens (including phenoxy) is 2. The van der Waals surface area contributed by atoms with Crippen molar-refractivity contribution in [3.05, 3.63) is 30.0 Å². The summed E-state index contributed by atoms with van der Waals surface area (Å²) in [5.41, 5.74) is 1.08. The molecule has 0 saturated carbocycles. The average Bonchev–Trinajstić information content (AvgIpc) is 3.06. The molecule has 0 amide bonds. The number of quaternary nitrogens is 1. The van der Waals surface area contributed by atoms with E-state index < -0.39 is 0 Å². The van der Waals surface area contributed by atoms with Crippen molar-refractivity contribution >= 4 is 5.88 Å². The van der Waals surface area contributed by atoms with Crippen molar-refractivity contribution in [2.45, 2.75) is 0 Å². The Morgan fingerprint density at radius 1 is 1.29 bits per heavy atom. The molecule has 0 unspecified atom stereocenters. The fraction of sp³-hybridized carbons (Fsp3) is 0.412. The molecule has 2 aromatic rings. The van der Waals surface area contributed by atoms with E-state index in [-0.39, 0.29) is 5.69 Å². The highest BCUT2D eigenvalue weighted by Crippen LogP contribution is 2.26. The highest BCUT2D eigenvalue weighted by molar-refractivity contribution is 5.59. The highest BCUT2D eigenvalue weighted by atomic mass is 16.5. The van der Waals surface area contributed by atoms with Gasteiger partial charge in [0.2, 0.25) is 17.5 Å². The van der Waals surface area contributed by atoms with Crippen molar-refractivity contribution < 1.29 is 18.8 Å². The Hall–Kier alpha value is -2.56. The number of methoxy groups -OCH3 is 1. The van der Waals surface area contributed by atoms with Crippen molar-refractivity contribution in [3.63, 3.8) is 0 Å². The largest absolute Gasteiger partial charge is 0.497 e. The zero-order valence-corrected chi connectivity index (χ0v) is 13.7. The maximum absolute atomic E-state index is 9.25. The van der Waals surface area contributed by atoms with Gasteiger partial charge in [-0.1, -0.05) is 0 Å². The van der Waals surface area contributed by atoms with E-state index in [1.54, 1.807) is 7.11 Å². The number of anilines is 1. The first kappa shape index (κ1) is 16.3. The van der Waals surface area contributed by atoms with Crippen LogP contribution in [0.15, 0.2) is 28.7 Å². The fourth-order valence-corrected chi connectivity index (χ4v) is 2.64. The van der Waals surface area contributed by atoms with E-state index in [1.807, 2.05) is 24.3 Å². The Balaban J connectivity index is 1.64. The normalized spacial score (nSPS) is 15.0. The van der Waals surface area contributed by atoms with Gasteiger partial charge in [0.1, 0.15) is 24.9 Å². The minimum absolute atomic E-state index is 0.276. The number of rotatable bonds is 6. The van der Waals surface area contributed by atoms with Crippen LogP contribution in [-0.2, 0) is 4.74 Å². The summed E-state index contributed by atoms with van der Waals surface area (Å²) in [6.07, 6.45) is 0. The van der Waals surface area contributed by atoms with Gasteiger partial charge in [0, 0.05) is 5.56 Å². The first-order valence-corrected chi connectivity index (χ1v) is 8.00. The van der Waals surface area contributed by atoms with Gasteiger partial charge in [0.05, 0.1) is 33.4 Å². The van der Waals surface area contributed by atoms with Crippen LogP contribution >= 0.6 is 0 Å². The third-order valence-electron chi connectivity index (χ3n) is 4.03. The summed E-state index contributed by atoms with van der Waals surface area (Å²) in [6, 6.07) is 9.45. The molecule has 1 saturated heterocycles. The second-order valence-corrected chi connectivity index (χ2v) is 5.58. The van der Waals surface area contributed by atoms with Gasteiger partial charge < -0.3 is 24.1 Å². The molecule has 126 valence electrons. The first-order valence-electron chi connectivity index (χ1n) is 8.00. The molecule has 0 atom stereocenters. The summed E-state index contributed by atoms with van der Waals surface area (Å²) in [7, 11) is 1.62. The van der Waals surface area contributed by atoms with Gasteiger partial charge in [-0.15, -0.1) is 0 Å². The van der Waals surface area contributed by atoms with Crippen molar-refractivity contribution in [1.29, 1.82) is 5.26 Å². The van der Waals surface area contributed by atoms with Gasteiger partial charge in [-0.05, 0) is 24.3 Å². The van der Waals surface area contributed by atoms with E-state index >= 15 is 0 Å². The maximum Gasteiger partial charge on any atom is 0.232 e. The number of nitriles is 1. The van der Waals surface area contributed by atoms with Crippen LogP contribution in [0.1, 0.15) is 5.69 Å². The lowest BCUT2D eigenvalue weighted by Gasteiger charge is -2.23. The molecule has 0 radical (unpaired) electrons. The van der Waals surface area contributed by atoms with Crippen LogP contribution in [0, 0.1) is 11.3 Å². The molecule has 1 fully saturated rings. The predicted octanol–water partition coefficient (Wildman–Crippen LogP) is 0.549. The molecule has 2 heterocycles. The number of aromatic nitrogens is 1. The summed E-state index contributed by atoms with van der Waals surface area (Å²) in [5.74, 6) is 1.61. The number of morpholine rings is 1. The Morgan fingerprint density at radius 3 is 2.71 bits per heavy atom. The number of nitrogens with one attached hydrogen (secondary N) is 2. The van der Waals surface area contributed by atoms with Crippen LogP contribution < -0.4 is 15.0 Å². The Bertz CT molecular complexity index is 700. The molecule has 1 aliphatic heterocycles. The zero-order chi connectivity index (χ0) is 16.8. The molecule has 1 aromatic heterocycles. The summed E-state index contributed by atoms with van der Waals surface area (Å²) >= 11 is 0. The lowest BCUT2D eigenvalue weighted by atomic mass is 10.2.